The lowest BCUT2D eigenvalue weighted by atomic mass is 9.84. The summed E-state index contributed by atoms with van der Waals surface area (Å²) >= 11 is 0. The zero-order valence-corrected chi connectivity index (χ0v) is 8.24. The normalized spacial score (nSPS) is 11.9. The van der Waals surface area contributed by atoms with E-state index in [1.165, 1.54) is 13.8 Å². The Morgan fingerprint density at radius 2 is 1.47 bits per heavy atom. The Morgan fingerprint density at radius 3 is 1.80 bits per heavy atom. The van der Waals surface area contributed by atoms with Crippen LogP contribution in [0.2, 0.25) is 0 Å². The molecular formula is C10H10F4O. The van der Waals surface area contributed by atoms with Crippen molar-refractivity contribution in [2.75, 3.05) is 6.61 Å². The van der Waals surface area contributed by atoms with Crippen molar-refractivity contribution in [1.82, 2.24) is 0 Å². The standard InChI is InChI=1S/C10H10F4O/c1-10(2,4-15)7-8(13)5(11)3-6(12)9(7)14/h3,15H,4H2,1-2H3. The van der Waals surface area contributed by atoms with Crippen LogP contribution >= 0.6 is 0 Å². The van der Waals surface area contributed by atoms with Crippen molar-refractivity contribution in [2.24, 2.45) is 0 Å². The molecule has 84 valence electrons. The van der Waals surface area contributed by atoms with Gasteiger partial charge in [0.15, 0.2) is 23.3 Å². The van der Waals surface area contributed by atoms with E-state index in [4.69, 9.17) is 5.11 Å². The van der Waals surface area contributed by atoms with Crippen LogP contribution < -0.4 is 0 Å². The predicted octanol–water partition coefficient (Wildman–Crippen LogP) is 2.51. The highest BCUT2D eigenvalue weighted by Gasteiger charge is 2.31. The van der Waals surface area contributed by atoms with Crippen LogP contribution in [-0.4, -0.2) is 11.7 Å². The van der Waals surface area contributed by atoms with Gasteiger partial charge in [0.25, 0.3) is 0 Å². The van der Waals surface area contributed by atoms with Crippen LogP contribution in [0.4, 0.5) is 17.6 Å². The average Bonchev–Trinajstić information content (AvgIpc) is 2.15. The molecule has 0 saturated carbocycles. The summed E-state index contributed by atoms with van der Waals surface area (Å²) in [5.41, 5.74) is -2.15. The van der Waals surface area contributed by atoms with E-state index in [2.05, 4.69) is 0 Å². The third kappa shape index (κ3) is 1.97. The molecule has 0 unspecified atom stereocenters. The summed E-state index contributed by atoms with van der Waals surface area (Å²) in [5.74, 6) is -5.86. The predicted molar refractivity (Wildman–Crippen MR) is 46.4 cm³/mol. The van der Waals surface area contributed by atoms with Gasteiger partial charge < -0.3 is 5.11 Å². The largest absolute Gasteiger partial charge is 0.395 e. The first-order valence-corrected chi connectivity index (χ1v) is 4.25. The van der Waals surface area contributed by atoms with E-state index in [-0.39, 0.29) is 6.07 Å². The van der Waals surface area contributed by atoms with Crippen LogP contribution in [0, 0.1) is 23.3 Å². The zero-order valence-electron chi connectivity index (χ0n) is 8.24. The number of hydrogen-bond acceptors (Lipinski definition) is 1. The Morgan fingerprint density at radius 1 is 1.07 bits per heavy atom. The van der Waals surface area contributed by atoms with E-state index < -0.39 is 40.9 Å². The van der Waals surface area contributed by atoms with Crippen LogP contribution in [0.3, 0.4) is 0 Å². The van der Waals surface area contributed by atoms with Crippen LogP contribution in [0.15, 0.2) is 6.07 Å². The number of aliphatic hydroxyl groups excluding tert-OH is 1. The van der Waals surface area contributed by atoms with Gasteiger partial charge in [-0.2, -0.15) is 0 Å². The molecule has 1 aromatic rings. The molecule has 0 aliphatic heterocycles. The van der Waals surface area contributed by atoms with Crippen LogP contribution in [0.1, 0.15) is 19.4 Å². The number of benzene rings is 1. The molecule has 1 rings (SSSR count). The molecule has 0 aliphatic carbocycles. The molecule has 0 fully saturated rings. The SMILES string of the molecule is CC(C)(CO)c1c(F)c(F)cc(F)c1F. The van der Waals surface area contributed by atoms with Gasteiger partial charge in [-0.1, -0.05) is 13.8 Å². The first-order valence-electron chi connectivity index (χ1n) is 4.25. The fraction of sp³-hybridized carbons (Fsp3) is 0.400. The minimum Gasteiger partial charge on any atom is -0.395 e. The van der Waals surface area contributed by atoms with Gasteiger partial charge in [-0.15, -0.1) is 0 Å². The monoisotopic (exact) mass is 222 g/mol. The third-order valence-electron chi connectivity index (χ3n) is 2.18. The highest BCUT2D eigenvalue weighted by Crippen LogP contribution is 2.30. The molecule has 0 bridgehead atoms. The first kappa shape index (κ1) is 12.0. The molecule has 0 atom stereocenters. The zero-order chi connectivity index (χ0) is 11.8. The highest BCUT2D eigenvalue weighted by molar-refractivity contribution is 5.29. The van der Waals surface area contributed by atoms with Gasteiger partial charge in [-0.3, -0.25) is 0 Å². The maximum Gasteiger partial charge on any atom is 0.165 e. The Balaban J connectivity index is 3.53. The van der Waals surface area contributed by atoms with Crippen molar-refractivity contribution in [2.45, 2.75) is 19.3 Å². The van der Waals surface area contributed by atoms with Crippen LogP contribution in [0.5, 0.6) is 0 Å². The molecule has 1 N–H and O–H groups in total. The quantitative estimate of drug-likeness (QED) is 0.602. The van der Waals surface area contributed by atoms with Crippen molar-refractivity contribution in [3.63, 3.8) is 0 Å². The van der Waals surface area contributed by atoms with E-state index in [0.717, 1.165) is 0 Å². The summed E-state index contributed by atoms with van der Waals surface area (Å²) in [6.07, 6.45) is 0. The van der Waals surface area contributed by atoms with Crippen molar-refractivity contribution in [3.8, 4) is 0 Å². The molecule has 1 nitrogen and oxygen atoms in total. The van der Waals surface area contributed by atoms with Crippen LogP contribution in [-0.2, 0) is 5.41 Å². The second-order valence-electron chi connectivity index (χ2n) is 3.89. The van der Waals surface area contributed by atoms with E-state index in [1.54, 1.807) is 0 Å². The van der Waals surface area contributed by atoms with Crippen molar-refractivity contribution in [3.05, 3.63) is 34.9 Å². The molecule has 0 amide bonds. The summed E-state index contributed by atoms with van der Waals surface area (Å²) in [5, 5.41) is 8.90. The Kier molecular flexibility index (Phi) is 3.04. The van der Waals surface area contributed by atoms with Crippen molar-refractivity contribution < 1.29 is 22.7 Å². The smallest absolute Gasteiger partial charge is 0.165 e. The third-order valence-corrected chi connectivity index (χ3v) is 2.18. The maximum atomic E-state index is 13.2. The van der Waals surface area contributed by atoms with Gasteiger partial charge in [-0.25, -0.2) is 17.6 Å². The fourth-order valence-electron chi connectivity index (χ4n) is 1.25. The van der Waals surface area contributed by atoms with E-state index in [9.17, 15) is 17.6 Å². The molecule has 0 saturated heterocycles. The second-order valence-corrected chi connectivity index (χ2v) is 3.89. The Bertz CT molecular complexity index is 361. The van der Waals surface area contributed by atoms with E-state index >= 15 is 0 Å². The molecule has 5 heteroatoms. The molecule has 0 aliphatic rings. The van der Waals surface area contributed by atoms with Gasteiger partial charge in [0.2, 0.25) is 0 Å². The average molecular weight is 222 g/mol. The van der Waals surface area contributed by atoms with Crippen molar-refractivity contribution >= 4 is 0 Å². The molecule has 0 spiro atoms. The lowest BCUT2D eigenvalue weighted by Crippen LogP contribution is -2.26. The Labute approximate surface area is 84.3 Å². The van der Waals surface area contributed by atoms with Gasteiger partial charge in [0.1, 0.15) is 0 Å². The van der Waals surface area contributed by atoms with E-state index in [0.29, 0.717) is 0 Å². The van der Waals surface area contributed by atoms with Gasteiger partial charge in [0.05, 0.1) is 6.61 Å². The number of rotatable bonds is 2. The molecule has 15 heavy (non-hydrogen) atoms. The summed E-state index contributed by atoms with van der Waals surface area (Å²) in [4.78, 5) is 0. The first-order chi connectivity index (χ1) is 6.81. The number of halogens is 4. The minimum atomic E-state index is -1.47. The summed E-state index contributed by atoms with van der Waals surface area (Å²) in [7, 11) is 0. The minimum absolute atomic E-state index is 0.140. The van der Waals surface area contributed by atoms with Crippen LogP contribution in [0.25, 0.3) is 0 Å². The molecule has 1 aromatic carbocycles. The second kappa shape index (κ2) is 3.81. The highest BCUT2D eigenvalue weighted by atomic mass is 19.2. The molecular weight excluding hydrogens is 212 g/mol. The molecule has 0 aromatic heterocycles. The maximum absolute atomic E-state index is 13.2. The summed E-state index contributed by atoms with van der Waals surface area (Å²) in [6.45, 7) is 1.95. The fourth-order valence-corrected chi connectivity index (χ4v) is 1.25. The summed E-state index contributed by atoms with van der Waals surface area (Å²) in [6, 6.07) is 0.140. The molecule has 0 heterocycles. The lowest BCUT2D eigenvalue weighted by molar-refractivity contribution is 0.208. The number of aliphatic hydroxyl groups is 1. The molecule has 0 radical (unpaired) electrons. The lowest BCUT2D eigenvalue weighted by Gasteiger charge is -2.23. The Hall–Kier alpha value is -1.10. The number of hydrogen-bond donors (Lipinski definition) is 1. The summed E-state index contributed by atoms with van der Waals surface area (Å²) < 4.78 is 52.1. The van der Waals surface area contributed by atoms with E-state index in [1.807, 2.05) is 0 Å². The van der Waals surface area contributed by atoms with Gasteiger partial charge in [-0.05, 0) is 0 Å². The van der Waals surface area contributed by atoms with Gasteiger partial charge >= 0.3 is 0 Å². The van der Waals surface area contributed by atoms with Gasteiger partial charge in [0, 0.05) is 17.0 Å². The van der Waals surface area contributed by atoms with Crippen molar-refractivity contribution in [1.29, 1.82) is 0 Å². The topological polar surface area (TPSA) is 20.2 Å².